The Morgan fingerprint density at radius 1 is 1.25 bits per heavy atom. The first kappa shape index (κ1) is 12.3. The lowest BCUT2D eigenvalue weighted by Crippen LogP contribution is -2.40. The van der Waals surface area contributed by atoms with Crippen LogP contribution >= 0.6 is 0 Å². The summed E-state index contributed by atoms with van der Waals surface area (Å²) < 4.78 is 13.8. The zero-order valence-electron chi connectivity index (χ0n) is 10.9. The second-order valence-electron chi connectivity index (χ2n) is 6.90. The first-order chi connectivity index (χ1) is 7.44. The highest BCUT2D eigenvalue weighted by Gasteiger charge is 2.40. The van der Waals surface area contributed by atoms with Gasteiger partial charge < -0.3 is 5.32 Å². The molecule has 0 saturated heterocycles. The fourth-order valence-electron chi connectivity index (χ4n) is 3.49. The van der Waals surface area contributed by atoms with Crippen molar-refractivity contribution in [3.05, 3.63) is 0 Å². The third-order valence-electron chi connectivity index (χ3n) is 4.30. The van der Waals surface area contributed by atoms with Crippen molar-refractivity contribution in [2.75, 3.05) is 6.54 Å². The standard InChI is InChI=1S/C14H26FN/c1-14(2,3)16-9-13(15)8-12-7-10-4-5-11(12)6-10/h10-13,16H,4-9H2,1-3H3. The van der Waals surface area contributed by atoms with E-state index >= 15 is 0 Å². The van der Waals surface area contributed by atoms with Gasteiger partial charge in [-0.3, -0.25) is 0 Å². The molecule has 0 heterocycles. The smallest absolute Gasteiger partial charge is 0.113 e. The van der Waals surface area contributed by atoms with Gasteiger partial charge in [0, 0.05) is 12.1 Å². The molecule has 0 spiro atoms. The number of halogens is 1. The molecule has 4 atom stereocenters. The summed E-state index contributed by atoms with van der Waals surface area (Å²) in [5.74, 6) is 2.49. The third kappa shape index (κ3) is 3.19. The van der Waals surface area contributed by atoms with E-state index in [0.717, 1.165) is 18.3 Å². The third-order valence-corrected chi connectivity index (χ3v) is 4.30. The average molecular weight is 227 g/mol. The van der Waals surface area contributed by atoms with Gasteiger partial charge in [-0.15, -0.1) is 0 Å². The number of hydrogen-bond acceptors (Lipinski definition) is 1. The molecule has 2 aliphatic carbocycles. The van der Waals surface area contributed by atoms with Crippen molar-refractivity contribution in [2.24, 2.45) is 17.8 Å². The summed E-state index contributed by atoms with van der Waals surface area (Å²) >= 11 is 0. The van der Waals surface area contributed by atoms with Crippen LogP contribution in [0.5, 0.6) is 0 Å². The predicted molar refractivity (Wildman–Crippen MR) is 66.2 cm³/mol. The van der Waals surface area contributed by atoms with Gasteiger partial charge in [-0.25, -0.2) is 4.39 Å². The van der Waals surface area contributed by atoms with Crippen molar-refractivity contribution in [1.29, 1.82) is 0 Å². The van der Waals surface area contributed by atoms with Crippen LogP contribution in [-0.2, 0) is 0 Å². The summed E-state index contributed by atoms with van der Waals surface area (Å²) in [4.78, 5) is 0. The summed E-state index contributed by atoms with van der Waals surface area (Å²) in [5.41, 5.74) is 0.0407. The number of rotatable bonds is 4. The maximum atomic E-state index is 13.8. The van der Waals surface area contributed by atoms with Crippen molar-refractivity contribution >= 4 is 0 Å². The van der Waals surface area contributed by atoms with E-state index in [1.807, 2.05) is 0 Å². The van der Waals surface area contributed by atoms with Gasteiger partial charge in [0.15, 0.2) is 0 Å². The van der Waals surface area contributed by atoms with Gasteiger partial charge in [0.25, 0.3) is 0 Å². The monoisotopic (exact) mass is 227 g/mol. The number of fused-ring (bicyclic) bond motifs is 2. The van der Waals surface area contributed by atoms with Crippen molar-refractivity contribution in [3.63, 3.8) is 0 Å². The lowest BCUT2D eigenvalue weighted by atomic mass is 9.85. The first-order valence-corrected chi connectivity index (χ1v) is 6.83. The first-order valence-electron chi connectivity index (χ1n) is 6.83. The highest BCUT2D eigenvalue weighted by Crippen LogP contribution is 2.50. The molecule has 2 saturated carbocycles. The van der Waals surface area contributed by atoms with Crippen molar-refractivity contribution in [1.82, 2.24) is 5.32 Å². The molecule has 0 aliphatic heterocycles. The van der Waals surface area contributed by atoms with E-state index < -0.39 is 6.17 Å². The van der Waals surface area contributed by atoms with Crippen LogP contribution in [0.15, 0.2) is 0 Å². The van der Waals surface area contributed by atoms with Crippen molar-refractivity contribution in [2.45, 2.75) is 64.6 Å². The van der Waals surface area contributed by atoms with E-state index in [1.54, 1.807) is 0 Å². The van der Waals surface area contributed by atoms with Gasteiger partial charge in [0.2, 0.25) is 0 Å². The minimum atomic E-state index is -0.649. The minimum Gasteiger partial charge on any atom is -0.309 e. The molecule has 0 radical (unpaired) electrons. The largest absolute Gasteiger partial charge is 0.309 e. The summed E-state index contributed by atoms with van der Waals surface area (Å²) in [6, 6.07) is 0. The minimum absolute atomic E-state index is 0.0407. The van der Waals surface area contributed by atoms with Crippen LogP contribution in [0.25, 0.3) is 0 Å². The maximum absolute atomic E-state index is 13.8. The Labute approximate surface area is 99.2 Å². The topological polar surface area (TPSA) is 12.0 Å². The van der Waals surface area contributed by atoms with Gasteiger partial charge in [-0.2, -0.15) is 0 Å². The number of alkyl halides is 1. The number of nitrogens with one attached hydrogen (secondary N) is 1. The van der Waals surface area contributed by atoms with E-state index in [-0.39, 0.29) is 5.54 Å². The Hall–Kier alpha value is -0.110. The lowest BCUT2D eigenvalue weighted by molar-refractivity contribution is 0.203. The molecule has 0 amide bonds. The van der Waals surface area contributed by atoms with Gasteiger partial charge in [-0.1, -0.05) is 6.42 Å². The Bertz CT molecular complexity index is 233. The van der Waals surface area contributed by atoms with E-state index in [0.29, 0.717) is 12.5 Å². The summed E-state index contributed by atoms with van der Waals surface area (Å²) in [5, 5.41) is 3.26. The number of hydrogen-bond donors (Lipinski definition) is 1. The molecule has 0 aromatic carbocycles. The highest BCUT2D eigenvalue weighted by molar-refractivity contribution is 4.91. The Balaban J connectivity index is 1.69. The van der Waals surface area contributed by atoms with Gasteiger partial charge >= 0.3 is 0 Å². The molecular formula is C14H26FN. The molecule has 2 fully saturated rings. The summed E-state index contributed by atoms with van der Waals surface area (Å²) in [6.07, 6.45) is 5.63. The van der Waals surface area contributed by atoms with Gasteiger partial charge in [0.1, 0.15) is 6.17 Å². The second kappa shape index (κ2) is 4.64. The van der Waals surface area contributed by atoms with Crippen LogP contribution in [0, 0.1) is 17.8 Å². The molecule has 2 heteroatoms. The zero-order chi connectivity index (χ0) is 11.8. The Kier molecular flexibility index (Phi) is 3.58. The molecule has 94 valence electrons. The van der Waals surface area contributed by atoms with Crippen LogP contribution in [0.2, 0.25) is 0 Å². The van der Waals surface area contributed by atoms with E-state index in [4.69, 9.17) is 0 Å². The van der Waals surface area contributed by atoms with Crippen LogP contribution in [0.4, 0.5) is 4.39 Å². The van der Waals surface area contributed by atoms with E-state index in [9.17, 15) is 4.39 Å². The van der Waals surface area contributed by atoms with Gasteiger partial charge in [-0.05, 0) is 64.2 Å². The Morgan fingerprint density at radius 3 is 2.50 bits per heavy atom. The molecule has 2 aliphatic rings. The quantitative estimate of drug-likeness (QED) is 0.774. The SMILES string of the molecule is CC(C)(C)NCC(F)CC1CC2CCC1C2. The molecule has 0 aromatic heterocycles. The molecular weight excluding hydrogens is 201 g/mol. The summed E-state index contributed by atoms with van der Waals surface area (Å²) in [6.45, 7) is 6.81. The normalized spacial score (nSPS) is 35.6. The average Bonchev–Trinajstić information content (AvgIpc) is 2.75. The molecule has 1 N–H and O–H groups in total. The fraction of sp³-hybridized carbons (Fsp3) is 1.00. The predicted octanol–water partition coefficient (Wildman–Crippen LogP) is 3.54. The highest BCUT2D eigenvalue weighted by atomic mass is 19.1. The summed E-state index contributed by atoms with van der Waals surface area (Å²) in [7, 11) is 0. The Morgan fingerprint density at radius 2 is 2.00 bits per heavy atom. The molecule has 16 heavy (non-hydrogen) atoms. The van der Waals surface area contributed by atoms with E-state index in [2.05, 4.69) is 26.1 Å². The van der Waals surface area contributed by atoms with Gasteiger partial charge in [0.05, 0.1) is 0 Å². The maximum Gasteiger partial charge on any atom is 0.113 e. The lowest BCUT2D eigenvalue weighted by Gasteiger charge is -2.26. The molecule has 2 rings (SSSR count). The van der Waals surface area contributed by atoms with Crippen LogP contribution in [0.1, 0.15) is 52.9 Å². The fourth-order valence-corrected chi connectivity index (χ4v) is 3.49. The van der Waals surface area contributed by atoms with Crippen molar-refractivity contribution < 1.29 is 4.39 Å². The van der Waals surface area contributed by atoms with Crippen LogP contribution in [-0.4, -0.2) is 18.3 Å². The molecule has 1 nitrogen and oxygen atoms in total. The van der Waals surface area contributed by atoms with Crippen LogP contribution in [0.3, 0.4) is 0 Å². The zero-order valence-corrected chi connectivity index (χ0v) is 10.9. The molecule has 0 aromatic rings. The second-order valence-corrected chi connectivity index (χ2v) is 6.90. The van der Waals surface area contributed by atoms with E-state index in [1.165, 1.54) is 25.7 Å². The van der Waals surface area contributed by atoms with Crippen molar-refractivity contribution in [3.8, 4) is 0 Å². The van der Waals surface area contributed by atoms with Crippen LogP contribution < -0.4 is 5.32 Å². The molecule has 4 unspecified atom stereocenters. The molecule has 2 bridgehead atoms.